The third-order valence-electron chi connectivity index (χ3n) is 5.72. The number of benzene rings is 2. The van der Waals surface area contributed by atoms with Crippen LogP contribution >= 0.6 is 0 Å². The van der Waals surface area contributed by atoms with Gasteiger partial charge in [-0.15, -0.1) is 0 Å². The van der Waals surface area contributed by atoms with Gasteiger partial charge in [-0.3, -0.25) is 0 Å². The molecule has 35 heavy (non-hydrogen) atoms. The summed E-state index contributed by atoms with van der Waals surface area (Å²) >= 11 is 0. The predicted octanol–water partition coefficient (Wildman–Crippen LogP) is 7.15. The van der Waals surface area contributed by atoms with Gasteiger partial charge in [0.05, 0.1) is 6.61 Å². The van der Waals surface area contributed by atoms with E-state index in [9.17, 15) is 9.59 Å². The first kappa shape index (κ1) is 28.2. The molecule has 5 nitrogen and oxygen atoms in total. The van der Waals surface area contributed by atoms with E-state index < -0.39 is 18.1 Å². The molecule has 0 saturated heterocycles. The number of carbonyl (C=O) groups excluding carboxylic acids is 2. The Morgan fingerprint density at radius 3 is 1.97 bits per heavy atom. The van der Waals surface area contributed by atoms with Crippen LogP contribution in [0.15, 0.2) is 72.3 Å². The summed E-state index contributed by atoms with van der Waals surface area (Å²) in [5, 5.41) is 2.69. The fourth-order valence-corrected chi connectivity index (χ4v) is 3.74. The van der Waals surface area contributed by atoms with Gasteiger partial charge in [0, 0.05) is 6.42 Å². The van der Waals surface area contributed by atoms with Crippen LogP contribution in [0.3, 0.4) is 0 Å². The molecule has 5 heteroatoms. The van der Waals surface area contributed by atoms with Gasteiger partial charge >= 0.3 is 12.1 Å². The molecule has 0 aliphatic carbocycles. The number of unbranched alkanes of at least 4 members (excludes halogenated alkanes) is 7. The Morgan fingerprint density at radius 1 is 0.771 bits per heavy atom. The highest BCUT2D eigenvalue weighted by molar-refractivity contribution is 5.81. The van der Waals surface area contributed by atoms with Crippen LogP contribution in [0.4, 0.5) is 4.79 Å². The number of hydrogen-bond acceptors (Lipinski definition) is 4. The Kier molecular flexibility index (Phi) is 14.0. The zero-order valence-corrected chi connectivity index (χ0v) is 21.3. The van der Waals surface area contributed by atoms with E-state index in [2.05, 4.69) is 25.2 Å². The van der Waals surface area contributed by atoms with Crippen molar-refractivity contribution in [3.8, 4) is 0 Å². The Labute approximate surface area is 210 Å². The zero-order chi connectivity index (χ0) is 25.1. The van der Waals surface area contributed by atoms with E-state index in [1.54, 1.807) is 0 Å². The second-order valence-corrected chi connectivity index (χ2v) is 9.16. The number of amides is 1. The molecule has 0 unspecified atom stereocenters. The molecule has 0 spiro atoms. The van der Waals surface area contributed by atoms with E-state index in [4.69, 9.17) is 9.47 Å². The molecule has 1 N–H and O–H groups in total. The highest BCUT2D eigenvalue weighted by Crippen LogP contribution is 2.11. The Balaban J connectivity index is 1.69. The number of esters is 1. The summed E-state index contributed by atoms with van der Waals surface area (Å²) in [5.74, 6) is -0.426. The minimum absolute atomic E-state index is 0.148. The van der Waals surface area contributed by atoms with Crippen LogP contribution in [0, 0.1) is 0 Å². The van der Waals surface area contributed by atoms with Crippen LogP contribution in [0.5, 0.6) is 0 Å². The average Bonchev–Trinajstić information content (AvgIpc) is 2.86. The first-order chi connectivity index (χ1) is 17.0. The molecule has 0 aromatic heterocycles. The van der Waals surface area contributed by atoms with Crippen molar-refractivity contribution in [2.24, 2.45) is 0 Å². The molecule has 2 rings (SSSR count). The van der Waals surface area contributed by atoms with Gasteiger partial charge in [-0.1, -0.05) is 104 Å². The molecule has 2 aromatic carbocycles. The maximum atomic E-state index is 12.7. The number of hydrogen-bond donors (Lipinski definition) is 1. The summed E-state index contributed by atoms with van der Waals surface area (Å²) in [7, 11) is 0. The molecule has 2 aromatic rings. The third kappa shape index (κ3) is 13.4. The SMILES string of the molecule is CC(C)=CCCCCCCCCCOC(=O)[C@@H](Cc1ccccc1)NC(=O)OCc1ccccc1. The minimum Gasteiger partial charge on any atom is -0.464 e. The molecule has 0 saturated carbocycles. The highest BCUT2D eigenvalue weighted by atomic mass is 16.6. The Morgan fingerprint density at radius 2 is 1.34 bits per heavy atom. The lowest BCUT2D eigenvalue weighted by atomic mass is 10.1. The summed E-state index contributed by atoms with van der Waals surface area (Å²) in [6.45, 7) is 4.80. The average molecular weight is 480 g/mol. The van der Waals surface area contributed by atoms with Gasteiger partial charge in [-0.2, -0.15) is 0 Å². The summed E-state index contributed by atoms with van der Waals surface area (Å²) < 4.78 is 10.8. The Bertz CT molecular complexity index is 876. The molecule has 0 aliphatic heterocycles. The van der Waals surface area contributed by atoms with Crippen molar-refractivity contribution < 1.29 is 19.1 Å². The van der Waals surface area contributed by atoms with E-state index in [-0.39, 0.29) is 6.61 Å². The van der Waals surface area contributed by atoms with Gasteiger partial charge in [0.2, 0.25) is 0 Å². The van der Waals surface area contributed by atoms with Crippen LogP contribution in [0.25, 0.3) is 0 Å². The number of rotatable bonds is 16. The van der Waals surface area contributed by atoms with Crippen LogP contribution in [0.2, 0.25) is 0 Å². The fraction of sp³-hybridized carbons (Fsp3) is 0.467. The van der Waals surface area contributed by atoms with Gasteiger partial charge in [-0.05, 0) is 44.2 Å². The summed E-state index contributed by atoms with van der Waals surface area (Å²) in [5.41, 5.74) is 3.23. The molecule has 1 amide bonds. The molecular weight excluding hydrogens is 438 g/mol. The molecular formula is C30H41NO4. The molecule has 0 aliphatic rings. The maximum absolute atomic E-state index is 12.7. The van der Waals surface area contributed by atoms with Crippen molar-refractivity contribution in [3.63, 3.8) is 0 Å². The van der Waals surface area contributed by atoms with Gasteiger partial charge in [0.1, 0.15) is 12.6 Å². The molecule has 0 radical (unpaired) electrons. The number of allylic oxidation sites excluding steroid dienone is 2. The number of nitrogens with one attached hydrogen (secondary N) is 1. The van der Waals surface area contributed by atoms with Crippen LogP contribution in [-0.4, -0.2) is 24.7 Å². The third-order valence-corrected chi connectivity index (χ3v) is 5.72. The minimum atomic E-state index is -0.790. The number of alkyl carbamates (subject to hydrolysis) is 1. The van der Waals surface area contributed by atoms with E-state index in [0.29, 0.717) is 13.0 Å². The van der Waals surface area contributed by atoms with Crippen molar-refractivity contribution in [1.29, 1.82) is 0 Å². The zero-order valence-electron chi connectivity index (χ0n) is 21.3. The van der Waals surface area contributed by atoms with Crippen LogP contribution < -0.4 is 5.32 Å². The molecule has 0 heterocycles. The van der Waals surface area contributed by atoms with E-state index >= 15 is 0 Å². The van der Waals surface area contributed by atoms with E-state index in [0.717, 1.165) is 30.4 Å². The summed E-state index contributed by atoms with van der Waals surface area (Å²) in [6, 6.07) is 18.2. The molecule has 0 bridgehead atoms. The highest BCUT2D eigenvalue weighted by Gasteiger charge is 2.23. The maximum Gasteiger partial charge on any atom is 0.408 e. The van der Waals surface area contributed by atoms with Gasteiger partial charge in [0.25, 0.3) is 0 Å². The van der Waals surface area contributed by atoms with Crippen molar-refractivity contribution in [2.45, 2.75) is 84.3 Å². The lowest BCUT2D eigenvalue weighted by molar-refractivity contribution is -0.146. The van der Waals surface area contributed by atoms with Crippen LogP contribution in [-0.2, 0) is 27.3 Å². The summed E-state index contributed by atoms with van der Waals surface area (Å²) in [4.78, 5) is 25.1. The van der Waals surface area contributed by atoms with Crippen molar-refractivity contribution in [1.82, 2.24) is 5.32 Å². The quantitative estimate of drug-likeness (QED) is 0.158. The molecule has 0 fully saturated rings. The van der Waals surface area contributed by atoms with Gasteiger partial charge in [0.15, 0.2) is 0 Å². The largest absolute Gasteiger partial charge is 0.464 e. The summed E-state index contributed by atoms with van der Waals surface area (Å²) in [6.07, 6.45) is 11.2. The lowest BCUT2D eigenvalue weighted by Crippen LogP contribution is -2.43. The molecule has 1 atom stereocenters. The monoisotopic (exact) mass is 479 g/mol. The lowest BCUT2D eigenvalue weighted by Gasteiger charge is -2.18. The second-order valence-electron chi connectivity index (χ2n) is 9.16. The molecule has 190 valence electrons. The van der Waals surface area contributed by atoms with Crippen molar-refractivity contribution in [2.75, 3.05) is 6.61 Å². The standard InChI is InChI=1S/C30H41NO4/c1-25(2)17-11-7-5-3-4-6-8-16-22-34-29(32)28(23-26-18-12-9-13-19-26)31-30(33)35-24-27-20-14-10-15-21-27/h9-10,12-15,17-21,28H,3-8,11,16,22-24H2,1-2H3,(H,31,33)/t28-/m1/s1. The van der Waals surface area contributed by atoms with Crippen molar-refractivity contribution >= 4 is 12.1 Å². The topological polar surface area (TPSA) is 64.6 Å². The predicted molar refractivity (Wildman–Crippen MR) is 141 cm³/mol. The fourth-order valence-electron chi connectivity index (χ4n) is 3.74. The second kappa shape index (κ2) is 17.4. The van der Waals surface area contributed by atoms with Gasteiger partial charge < -0.3 is 14.8 Å². The smallest absolute Gasteiger partial charge is 0.408 e. The number of carbonyl (C=O) groups is 2. The van der Waals surface area contributed by atoms with E-state index in [1.807, 2.05) is 60.7 Å². The van der Waals surface area contributed by atoms with Gasteiger partial charge in [-0.25, -0.2) is 9.59 Å². The Hall–Kier alpha value is -3.08. The first-order valence-electron chi connectivity index (χ1n) is 12.9. The van der Waals surface area contributed by atoms with Crippen molar-refractivity contribution in [3.05, 3.63) is 83.4 Å². The van der Waals surface area contributed by atoms with E-state index in [1.165, 1.54) is 37.7 Å². The first-order valence-corrected chi connectivity index (χ1v) is 12.9. The number of ether oxygens (including phenoxy) is 2. The van der Waals surface area contributed by atoms with Crippen LogP contribution in [0.1, 0.15) is 76.3 Å². The normalized spacial score (nSPS) is 11.4.